The molecule has 0 unspecified atom stereocenters. The smallest absolute Gasteiger partial charge is 0.273 e. The molecule has 28 heavy (non-hydrogen) atoms. The molecule has 4 atom stereocenters. The minimum Gasteiger partial charge on any atom is -0.448 e. The number of carbonyl (C=O) groups excluding carboxylic acids is 1. The normalized spacial score (nSPS) is 25.0. The molecule has 0 bridgehead atoms. The number of aryl methyl sites for hydroxylation is 1. The summed E-state index contributed by atoms with van der Waals surface area (Å²) in [7, 11) is 1.74. The Balaban J connectivity index is 1.53. The van der Waals surface area contributed by atoms with Crippen molar-refractivity contribution in [2.45, 2.75) is 44.1 Å². The van der Waals surface area contributed by atoms with Crippen molar-refractivity contribution in [2.24, 2.45) is 0 Å². The molecule has 0 spiro atoms. The van der Waals surface area contributed by atoms with Crippen LogP contribution in [0.5, 0.6) is 0 Å². The van der Waals surface area contributed by atoms with E-state index in [0.717, 1.165) is 0 Å². The first kappa shape index (κ1) is 18.3. The standard InChI is InChI=1S/C17H21N7O4/c1-8-11(22-7-28-8)17(27)23-9-3-4-10(14(26)13(9)25)24-6-21-12-15(18-2)19-5-20-16(12)24/h5-7,9-10,13-14,25-26H,3-4H2,1-2H3,(H,23,27)(H,18,19,20)/t9-,10-,13-,14-/m1/s1. The van der Waals surface area contributed by atoms with Crippen molar-refractivity contribution in [3.63, 3.8) is 0 Å². The summed E-state index contributed by atoms with van der Waals surface area (Å²) in [6, 6.07) is -1.03. The van der Waals surface area contributed by atoms with Gasteiger partial charge in [-0.05, 0) is 19.8 Å². The zero-order chi connectivity index (χ0) is 19.8. The monoisotopic (exact) mass is 387 g/mol. The van der Waals surface area contributed by atoms with Gasteiger partial charge in [0.1, 0.15) is 29.8 Å². The Kier molecular flexibility index (Phi) is 4.69. The lowest BCUT2D eigenvalue weighted by molar-refractivity contribution is -0.0553. The molecule has 4 N–H and O–H groups in total. The third-order valence-corrected chi connectivity index (χ3v) is 5.16. The number of aliphatic hydroxyl groups is 2. The fraction of sp³-hybridized carbons (Fsp3) is 0.471. The summed E-state index contributed by atoms with van der Waals surface area (Å²) >= 11 is 0. The number of oxazole rings is 1. The van der Waals surface area contributed by atoms with Crippen LogP contribution in [0.1, 0.15) is 35.1 Å². The van der Waals surface area contributed by atoms with Crippen LogP contribution in [0.15, 0.2) is 23.5 Å². The van der Waals surface area contributed by atoms with Gasteiger partial charge in [0.25, 0.3) is 5.91 Å². The van der Waals surface area contributed by atoms with Gasteiger partial charge in [-0.25, -0.2) is 19.9 Å². The Morgan fingerprint density at radius 3 is 2.75 bits per heavy atom. The molecular weight excluding hydrogens is 366 g/mol. The third-order valence-electron chi connectivity index (χ3n) is 5.16. The van der Waals surface area contributed by atoms with Crippen LogP contribution < -0.4 is 10.6 Å². The largest absolute Gasteiger partial charge is 0.448 e. The molecule has 3 heterocycles. The van der Waals surface area contributed by atoms with E-state index in [-0.39, 0.29) is 5.69 Å². The van der Waals surface area contributed by atoms with Gasteiger partial charge in [-0.1, -0.05) is 0 Å². The van der Waals surface area contributed by atoms with E-state index in [2.05, 4.69) is 30.6 Å². The highest BCUT2D eigenvalue weighted by Gasteiger charge is 2.40. The summed E-state index contributed by atoms with van der Waals surface area (Å²) in [6.07, 6.45) is 2.92. The highest BCUT2D eigenvalue weighted by molar-refractivity contribution is 5.93. The molecule has 0 aliphatic heterocycles. The quantitative estimate of drug-likeness (QED) is 0.485. The van der Waals surface area contributed by atoms with Gasteiger partial charge in [-0.15, -0.1) is 0 Å². The van der Waals surface area contributed by atoms with Crippen LogP contribution >= 0.6 is 0 Å². The molecule has 0 radical (unpaired) electrons. The number of carbonyl (C=O) groups is 1. The Labute approximate surface area is 159 Å². The number of fused-ring (bicyclic) bond motifs is 1. The molecule has 148 valence electrons. The zero-order valence-electron chi connectivity index (χ0n) is 15.4. The lowest BCUT2D eigenvalue weighted by Crippen LogP contribution is -2.54. The second-order valence-corrected chi connectivity index (χ2v) is 6.76. The topological polar surface area (TPSA) is 151 Å². The average molecular weight is 387 g/mol. The summed E-state index contributed by atoms with van der Waals surface area (Å²) in [6.45, 7) is 1.63. The molecule has 1 amide bonds. The Hall–Kier alpha value is -3.05. The second-order valence-electron chi connectivity index (χ2n) is 6.76. The first-order valence-corrected chi connectivity index (χ1v) is 8.93. The van der Waals surface area contributed by atoms with Crippen LogP contribution in [0.2, 0.25) is 0 Å². The van der Waals surface area contributed by atoms with Crippen LogP contribution in [0.25, 0.3) is 11.2 Å². The number of amides is 1. The molecule has 1 fully saturated rings. The number of imidazole rings is 1. The van der Waals surface area contributed by atoms with Gasteiger partial charge in [0.15, 0.2) is 23.6 Å². The van der Waals surface area contributed by atoms with Crippen LogP contribution in [-0.2, 0) is 0 Å². The maximum atomic E-state index is 12.3. The van der Waals surface area contributed by atoms with Gasteiger partial charge in [0.05, 0.1) is 18.4 Å². The molecule has 1 saturated carbocycles. The lowest BCUT2D eigenvalue weighted by Gasteiger charge is -2.38. The summed E-state index contributed by atoms with van der Waals surface area (Å²) in [5, 5.41) is 27.0. The van der Waals surface area contributed by atoms with E-state index in [4.69, 9.17) is 4.42 Å². The number of aromatic nitrogens is 5. The molecule has 3 aromatic heterocycles. The molecule has 4 rings (SSSR count). The summed E-state index contributed by atoms with van der Waals surface area (Å²) in [4.78, 5) is 28.9. The molecule has 11 nitrogen and oxygen atoms in total. The van der Waals surface area contributed by atoms with Gasteiger partial charge < -0.3 is 29.8 Å². The van der Waals surface area contributed by atoms with E-state index in [1.807, 2.05) is 0 Å². The van der Waals surface area contributed by atoms with Gasteiger partial charge in [0.2, 0.25) is 0 Å². The predicted molar refractivity (Wildman–Crippen MR) is 97.6 cm³/mol. The molecular formula is C17H21N7O4. The van der Waals surface area contributed by atoms with Crippen LogP contribution in [0, 0.1) is 6.92 Å². The van der Waals surface area contributed by atoms with E-state index in [1.54, 1.807) is 24.9 Å². The highest BCUT2D eigenvalue weighted by atomic mass is 16.3. The lowest BCUT2D eigenvalue weighted by atomic mass is 9.85. The van der Waals surface area contributed by atoms with E-state index >= 15 is 0 Å². The van der Waals surface area contributed by atoms with Crippen LogP contribution in [0.3, 0.4) is 0 Å². The van der Waals surface area contributed by atoms with E-state index in [0.29, 0.717) is 35.6 Å². The van der Waals surface area contributed by atoms with E-state index in [9.17, 15) is 15.0 Å². The Morgan fingerprint density at radius 1 is 1.21 bits per heavy atom. The number of nitrogens with one attached hydrogen (secondary N) is 2. The first-order chi connectivity index (χ1) is 13.5. The van der Waals surface area contributed by atoms with Crippen molar-refractivity contribution in [2.75, 3.05) is 12.4 Å². The maximum Gasteiger partial charge on any atom is 0.273 e. The molecule has 0 aromatic carbocycles. The van der Waals surface area contributed by atoms with Gasteiger partial charge >= 0.3 is 0 Å². The maximum absolute atomic E-state index is 12.3. The first-order valence-electron chi connectivity index (χ1n) is 8.93. The number of aliphatic hydroxyl groups excluding tert-OH is 2. The zero-order valence-corrected chi connectivity index (χ0v) is 15.4. The Morgan fingerprint density at radius 2 is 2.04 bits per heavy atom. The van der Waals surface area contributed by atoms with Crippen LogP contribution in [0.4, 0.5) is 5.82 Å². The number of anilines is 1. The number of hydrogen-bond donors (Lipinski definition) is 4. The minimum absolute atomic E-state index is 0.167. The SMILES string of the molecule is CNc1ncnc2c1ncn2[C@@H]1CC[C@@H](NC(=O)c2ncoc2C)[C@@H](O)[C@@H]1O. The Bertz CT molecular complexity index is 1000. The molecule has 11 heteroatoms. The fourth-order valence-electron chi connectivity index (χ4n) is 3.66. The molecule has 0 saturated heterocycles. The van der Waals surface area contributed by atoms with Crippen molar-refractivity contribution in [1.29, 1.82) is 0 Å². The van der Waals surface area contributed by atoms with Crippen molar-refractivity contribution in [1.82, 2.24) is 29.8 Å². The van der Waals surface area contributed by atoms with Crippen molar-refractivity contribution in [3.8, 4) is 0 Å². The summed E-state index contributed by atoms with van der Waals surface area (Å²) < 4.78 is 6.78. The molecule has 1 aliphatic carbocycles. The molecule has 1 aliphatic rings. The van der Waals surface area contributed by atoms with Crippen LogP contribution in [-0.4, -0.2) is 65.9 Å². The number of rotatable bonds is 4. The predicted octanol–water partition coefficient (Wildman–Crippen LogP) is 0.0197. The highest BCUT2D eigenvalue weighted by Crippen LogP contribution is 2.32. The van der Waals surface area contributed by atoms with E-state index in [1.165, 1.54) is 12.7 Å². The number of nitrogens with zero attached hydrogens (tertiary/aromatic N) is 5. The van der Waals surface area contributed by atoms with Crippen molar-refractivity contribution >= 4 is 22.9 Å². The number of hydrogen-bond acceptors (Lipinski definition) is 9. The van der Waals surface area contributed by atoms with Crippen molar-refractivity contribution < 1.29 is 19.4 Å². The molecule has 3 aromatic rings. The second kappa shape index (κ2) is 7.17. The van der Waals surface area contributed by atoms with Gasteiger partial charge in [-0.2, -0.15) is 0 Å². The van der Waals surface area contributed by atoms with Gasteiger partial charge in [-0.3, -0.25) is 4.79 Å². The van der Waals surface area contributed by atoms with E-state index < -0.39 is 30.2 Å². The van der Waals surface area contributed by atoms with Gasteiger partial charge in [0, 0.05) is 7.05 Å². The third kappa shape index (κ3) is 2.98. The minimum atomic E-state index is -1.15. The fourth-order valence-corrected chi connectivity index (χ4v) is 3.66. The van der Waals surface area contributed by atoms with Crippen molar-refractivity contribution in [3.05, 3.63) is 30.5 Å². The average Bonchev–Trinajstić information content (AvgIpc) is 3.31. The summed E-state index contributed by atoms with van der Waals surface area (Å²) in [5.41, 5.74) is 1.32. The summed E-state index contributed by atoms with van der Waals surface area (Å²) in [5.74, 6) is 0.536.